The molecule has 0 aliphatic carbocycles. The largest absolute Gasteiger partial charge is 0.416 e. The SMILES string of the molecule is O=C(NCC1CCCOC1)c1cc(C(F)(F)F)ccc1F. The Hall–Kier alpha value is -1.63. The monoisotopic (exact) mass is 305 g/mol. The van der Waals surface area contributed by atoms with Gasteiger partial charge in [0, 0.05) is 13.2 Å². The van der Waals surface area contributed by atoms with Crippen LogP contribution in [0.2, 0.25) is 0 Å². The fourth-order valence-corrected chi connectivity index (χ4v) is 2.18. The highest BCUT2D eigenvalue weighted by Crippen LogP contribution is 2.30. The molecule has 0 radical (unpaired) electrons. The van der Waals surface area contributed by atoms with E-state index in [1.54, 1.807) is 0 Å². The minimum Gasteiger partial charge on any atom is -0.381 e. The summed E-state index contributed by atoms with van der Waals surface area (Å²) in [5.74, 6) is -1.71. The van der Waals surface area contributed by atoms with Crippen molar-refractivity contribution < 1.29 is 27.1 Å². The van der Waals surface area contributed by atoms with Crippen molar-refractivity contribution >= 4 is 5.91 Å². The zero-order valence-electron chi connectivity index (χ0n) is 11.2. The molecule has 1 fully saturated rings. The summed E-state index contributed by atoms with van der Waals surface area (Å²) in [6.07, 6.45) is -2.87. The van der Waals surface area contributed by atoms with Crippen LogP contribution in [0.1, 0.15) is 28.8 Å². The van der Waals surface area contributed by atoms with Gasteiger partial charge in [-0.3, -0.25) is 4.79 Å². The van der Waals surface area contributed by atoms with Crippen LogP contribution in [0.3, 0.4) is 0 Å². The average molecular weight is 305 g/mol. The maximum absolute atomic E-state index is 13.5. The molecule has 1 aromatic rings. The highest BCUT2D eigenvalue weighted by atomic mass is 19.4. The van der Waals surface area contributed by atoms with Crippen LogP contribution in [-0.2, 0) is 10.9 Å². The number of hydrogen-bond acceptors (Lipinski definition) is 2. The molecule has 1 atom stereocenters. The van der Waals surface area contributed by atoms with E-state index in [1.165, 1.54) is 0 Å². The van der Waals surface area contributed by atoms with Gasteiger partial charge in [-0.05, 0) is 37.0 Å². The van der Waals surface area contributed by atoms with Crippen molar-refractivity contribution in [3.8, 4) is 0 Å². The summed E-state index contributed by atoms with van der Waals surface area (Å²) in [5.41, 5.74) is -1.64. The summed E-state index contributed by atoms with van der Waals surface area (Å²) in [6.45, 7) is 1.42. The Balaban J connectivity index is 2.04. The van der Waals surface area contributed by atoms with Gasteiger partial charge in [0.25, 0.3) is 5.91 Å². The van der Waals surface area contributed by atoms with Gasteiger partial charge in [0.15, 0.2) is 0 Å². The van der Waals surface area contributed by atoms with Gasteiger partial charge in [-0.2, -0.15) is 13.2 Å². The Morgan fingerprint density at radius 2 is 2.14 bits per heavy atom. The summed E-state index contributed by atoms with van der Waals surface area (Å²) in [7, 11) is 0. The van der Waals surface area contributed by atoms with Gasteiger partial charge in [0.1, 0.15) is 5.82 Å². The first kappa shape index (κ1) is 15.8. The van der Waals surface area contributed by atoms with Gasteiger partial charge in [0.2, 0.25) is 0 Å². The van der Waals surface area contributed by atoms with Crippen molar-refractivity contribution in [3.05, 3.63) is 35.1 Å². The number of alkyl halides is 3. The number of rotatable bonds is 3. The molecule has 21 heavy (non-hydrogen) atoms. The number of carbonyl (C=O) groups excluding carboxylic acids is 1. The molecule has 3 nitrogen and oxygen atoms in total. The zero-order valence-corrected chi connectivity index (χ0v) is 11.2. The number of hydrogen-bond donors (Lipinski definition) is 1. The molecule has 1 amide bonds. The molecule has 1 aliphatic heterocycles. The Kier molecular flexibility index (Phi) is 4.82. The van der Waals surface area contributed by atoms with Gasteiger partial charge in [-0.1, -0.05) is 0 Å². The molecule has 0 bridgehead atoms. The van der Waals surface area contributed by atoms with Gasteiger partial charge in [0.05, 0.1) is 17.7 Å². The molecule has 0 aromatic heterocycles. The molecular formula is C14H15F4NO2. The molecule has 1 aromatic carbocycles. The highest BCUT2D eigenvalue weighted by molar-refractivity contribution is 5.94. The number of ether oxygens (including phenoxy) is 1. The lowest BCUT2D eigenvalue weighted by atomic mass is 10.0. The first-order chi connectivity index (χ1) is 9.88. The van der Waals surface area contributed by atoms with Gasteiger partial charge in [-0.15, -0.1) is 0 Å². The first-order valence-electron chi connectivity index (χ1n) is 6.60. The highest BCUT2D eigenvalue weighted by Gasteiger charge is 2.32. The fraction of sp³-hybridized carbons (Fsp3) is 0.500. The lowest BCUT2D eigenvalue weighted by molar-refractivity contribution is -0.137. The topological polar surface area (TPSA) is 38.3 Å². The van der Waals surface area contributed by atoms with Crippen molar-refractivity contribution in [2.24, 2.45) is 5.92 Å². The summed E-state index contributed by atoms with van der Waals surface area (Å²) in [5, 5.41) is 2.46. The second-order valence-electron chi connectivity index (χ2n) is 4.99. The van der Waals surface area contributed by atoms with Crippen LogP contribution in [-0.4, -0.2) is 25.7 Å². The van der Waals surface area contributed by atoms with E-state index in [-0.39, 0.29) is 12.5 Å². The number of benzene rings is 1. The number of carbonyl (C=O) groups is 1. The van der Waals surface area contributed by atoms with Gasteiger partial charge < -0.3 is 10.1 Å². The molecule has 1 saturated heterocycles. The predicted octanol–water partition coefficient (Wildman–Crippen LogP) is 3.00. The maximum Gasteiger partial charge on any atom is 0.416 e. The molecule has 1 heterocycles. The first-order valence-corrected chi connectivity index (χ1v) is 6.60. The van der Waals surface area contributed by atoms with Crippen molar-refractivity contribution in [2.75, 3.05) is 19.8 Å². The third-order valence-electron chi connectivity index (χ3n) is 3.34. The van der Waals surface area contributed by atoms with Crippen molar-refractivity contribution in [1.82, 2.24) is 5.32 Å². The quantitative estimate of drug-likeness (QED) is 0.872. The molecule has 2 rings (SSSR count). The van der Waals surface area contributed by atoms with E-state index in [4.69, 9.17) is 4.74 Å². The van der Waals surface area contributed by atoms with Crippen molar-refractivity contribution in [3.63, 3.8) is 0 Å². The predicted molar refractivity (Wildman–Crippen MR) is 67.3 cm³/mol. The van der Waals surface area contributed by atoms with Crippen LogP contribution in [0.25, 0.3) is 0 Å². The summed E-state index contributed by atoms with van der Waals surface area (Å²) in [4.78, 5) is 11.8. The van der Waals surface area contributed by atoms with E-state index >= 15 is 0 Å². The normalized spacial score (nSPS) is 19.3. The summed E-state index contributed by atoms with van der Waals surface area (Å²) in [6, 6.07) is 1.80. The van der Waals surface area contributed by atoms with Crippen LogP contribution in [0, 0.1) is 11.7 Å². The van der Waals surface area contributed by atoms with E-state index in [0.29, 0.717) is 31.4 Å². The van der Waals surface area contributed by atoms with Crippen LogP contribution in [0.5, 0.6) is 0 Å². The lowest BCUT2D eigenvalue weighted by Gasteiger charge is -2.22. The average Bonchev–Trinajstić information content (AvgIpc) is 2.45. The molecular weight excluding hydrogens is 290 g/mol. The van der Waals surface area contributed by atoms with Crippen LogP contribution in [0.4, 0.5) is 17.6 Å². The van der Waals surface area contributed by atoms with Gasteiger partial charge in [-0.25, -0.2) is 4.39 Å². The minimum absolute atomic E-state index is 0.108. The van der Waals surface area contributed by atoms with E-state index in [9.17, 15) is 22.4 Å². The zero-order chi connectivity index (χ0) is 15.5. The van der Waals surface area contributed by atoms with Crippen LogP contribution >= 0.6 is 0 Å². The van der Waals surface area contributed by atoms with E-state index in [1.807, 2.05) is 0 Å². The van der Waals surface area contributed by atoms with Crippen molar-refractivity contribution in [1.29, 1.82) is 0 Å². The Morgan fingerprint density at radius 3 is 2.76 bits per heavy atom. The number of nitrogens with one attached hydrogen (secondary N) is 1. The third-order valence-corrected chi connectivity index (χ3v) is 3.34. The Morgan fingerprint density at radius 1 is 1.38 bits per heavy atom. The molecule has 1 N–H and O–H groups in total. The molecule has 1 unspecified atom stereocenters. The molecule has 1 aliphatic rings. The number of halogens is 4. The summed E-state index contributed by atoms with van der Waals surface area (Å²) >= 11 is 0. The fourth-order valence-electron chi connectivity index (χ4n) is 2.18. The van der Waals surface area contributed by atoms with Crippen LogP contribution in [0.15, 0.2) is 18.2 Å². The van der Waals surface area contributed by atoms with Crippen LogP contribution < -0.4 is 5.32 Å². The smallest absolute Gasteiger partial charge is 0.381 e. The third kappa shape index (κ3) is 4.17. The van der Waals surface area contributed by atoms with Crippen molar-refractivity contribution in [2.45, 2.75) is 19.0 Å². The minimum atomic E-state index is -4.61. The summed E-state index contributed by atoms with van der Waals surface area (Å²) < 4.78 is 56.5. The van der Waals surface area contributed by atoms with E-state index in [0.717, 1.165) is 12.8 Å². The van der Waals surface area contributed by atoms with Gasteiger partial charge >= 0.3 is 6.18 Å². The second kappa shape index (κ2) is 6.43. The lowest BCUT2D eigenvalue weighted by Crippen LogP contribution is -2.33. The second-order valence-corrected chi connectivity index (χ2v) is 4.99. The molecule has 0 saturated carbocycles. The standard InChI is InChI=1S/C14H15F4NO2/c15-12-4-3-10(14(16,17)18)6-11(12)13(20)19-7-9-2-1-5-21-8-9/h3-4,6,9H,1-2,5,7-8H2,(H,19,20). The Labute approximate surface area is 119 Å². The Bertz CT molecular complexity index is 510. The maximum atomic E-state index is 13.5. The van der Waals surface area contributed by atoms with E-state index < -0.39 is 29.0 Å². The number of amides is 1. The van der Waals surface area contributed by atoms with E-state index in [2.05, 4.69) is 5.32 Å². The molecule has 0 spiro atoms. The molecule has 7 heteroatoms. The molecule has 116 valence electrons.